The molecule has 2 saturated heterocycles. The van der Waals surface area contributed by atoms with E-state index >= 15 is 0 Å². The fourth-order valence-corrected chi connectivity index (χ4v) is 11.2. The Morgan fingerprint density at radius 1 is 1.04 bits per heavy atom. The van der Waals surface area contributed by atoms with Gasteiger partial charge in [-0.2, -0.15) is 0 Å². The van der Waals surface area contributed by atoms with Crippen molar-refractivity contribution >= 4 is 39.5 Å². The van der Waals surface area contributed by atoms with Gasteiger partial charge < -0.3 is 24.4 Å². The summed E-state index contributed by atoms with van der Waals surface area (Å²) in [6, 6.07) is 11.3. The monoisotopic (exact) mass is 781 g/mol. The van der Waals surface area contributed by atoms with Crippen LogP contribution in [0.4, 0.5) is 5.69 Å². The predicted octanol–water partition coefficient (Wildman–Crippen LogP) is 6.24. The van der Waals surface area contributed by atoms with Crippen molar-refractivity contribution in [2.45, 2.75) is 87.9 Å². The van der Waals surface area contributed by atoms with Gasteiger partial charge in [-0.05, 0) is 143 Å². The third-order valence-corrected chi connectivity index (χ3v) is 15.7. The number of carbonyl (C=O) groups excluding carboxylic acids is 2. The molecule has 2 spiro atoms. The summed E-state index contributed by atoms with van der Waals surface area (Å²) < 4.78 is 46.7. The first-order valence-electron chi connectivity index (χ1n) is 19.8. The molecule has 294 valence electrons. The Bertz CT molecular complexity index is 1840. The lowest BCUT2D eigenvalue weighted by molar-refractivity contribution is -0.135. The quantitative estimate of drug-likeness (QED) is 0.269. The fourth-order valence-electron chi connectivity index (χ4n) is 9.68. The number of nitrogens with zero attached hydrogens (tertiary/aromatic N) is 1. The number of fused-ring (bicyclic) bond motifs is 4. The molecule has 2 aliphatic carbocycles. The second-order valence-electron chi connectivity index (χ2n) is 16.8. The van der Waals surface area contributed by atoms with Crippen molar-refractivity contribution in [3.05, 3.63) is 70.3 Å². The number of nitrogens with one attached hydrogen (secondary N) is 2. The molecule has 4 aliphatic heterocycles. The lowest BCUT2D eigenvalue weighted by atomic mass is 9.64. The van der Waals surface area contributed by atoms with Crippen LogP contribution in [0.3, 0.4) is 0 Å². The van der Waals surface area contributed by atoms with E-state index in [1.54, 1.807) is 32.2 Å². The molecule has 0 radical (unpaired) electrons. The van der Waals surface area contributed by atoms with E-state index in [9.17, 15) is 18.0 Å². The van der Waals surface area contributed by atoms with Gasteiger partial charge in [0.15, 0.2) is 6.29 Å². The number of rotatable bonds is 2. The number of piperidine rings is 1. The Balaban J connectivity index is 0.000000386. The number of halogens is 1. The number of carbonyl (C=O) groups is 2. The highest BCUT2D eigenvalue weighted by Crippen LogP contribution is 2.48. The van der Waals surface area contributed by atoms with Crippen molar-refractivity contribution in [3.8, 4) is 5.75 Å². The molecule has 54 heavy (non-hydrogen) atoms. The number of ether oxygens (including phenoxy) is 3. The van der Waals surface area contributed by atoms with E-state index in [1.807, 2.05) is 25.1 Å². The van der Waals surface area contributed by atoms with E-state index in [2.05, 4.69) is 27.1 Å². The van der Waals surface area contributed by atoms with E-state index in [4.69, 9.17) is 25.8 Å². The molecular weight excluding hydrogens is 726 g/mol. The van der Waals surface area contributed by atoms with Crippen LogP contribution in [0.15, 0.2) is 48.6 Å². The van der Waals surface area contributed by atoms with Crippen molar-refractivity contribution in [3.63, 3.8) is 0 Å². The summed E-state index contributed by atoms with van der Waals surface area (Å²) in [4.78, 5) is 28.4. The smallest absolute Gasteiger partial charge is 0.264 e. The third-order valence-electron chi connectivity index (χ3n) is 13.6. The van der Waals surface area contributed by atoms with Gasteiger partial charge in [0, 0.05) is 48.7 Å². The number of amides is 1. The number of sulfonamides is 1. The zero-order valence-corrected chi connectivity index (χ0v) is 33.5. The van der Waals surface area contributed by atoms with E-state index in [0.29, 0.717) is 42.3 Å². The number of aryl methyl sites for hydroxylation is 1. The summed E-state index contributed by atoms with van der Waals surface area (Å²) in [6.07, 6.45) is 13.6. The third kappa shape index (κ3) is 7.73. The van der Waals surface area contributed by atoms with Crippen molar-refractivity contribution in [2.24, 2.45) is 23.2 Å². The number of allylic oxidation sites excluding steroid dienone is 1. The molecule has 4 heterocycles. The first-order chi connectivity index (χ1) is 25.9. The van der Waals surface area contributed by atoms with Crippen molar-refractivity contribution in [1.29, 1.82) is 0 Å². The van der Waals surface area contributed by atoms with Gasteiger partial charge in [-0.3, -0.25) is 9.59 Å². The minimum Gasteiger partial charge on any atom is -0.490 e. The van der Waals surface area contributed by atoms with Crippen LogP contribution in [0.5, 0.6) is 5.75 Å². The number of hydrogen-bond donors (Lipinski definition) is 2. The number of hydrogen-bond acceptors (Lipinski definition) is 9. The van der Waals surface area contributed by atoms with E-state index in [-0.39, 0.29) is 28.7 Å². The topological polar surface area (TPSA) is 123 Å². The molecular formula is C42H56ClN3O7S. The van der Waals surface area contributed by atoms with Gasteiger partial charge in [-0.15, -0.1) is 0 Å². The summed E-state index contributed by atoms with van der Waals surface area (Å²) in [7, 11) is -2.41. The Hall–Kier alpha value is -2.96. The van der Waals surface area contributed by atoms with Gasteiger partial charge in [0.2, 0.25) is 10.0 Å². The van der Waals surface area contributed by atoms with Gasteiger partial charge in [-0.1, -0.05) is 30.7 Å². The highest BCUT2D eigenvalue weighted by molar-refractivity contribution is 7.90. The Morgan fingerprint density at radius 3 is 2.56 bits per heavy atom. The maximum Gasteiger partial charge on any atom is 0.264 e. The maximum atomic E-state index is 13.4. The minimum atomic E-state index is -3.97. The van der Waals surface area contributed by atoms with Crippen molar-refractivity contribution in [2.75, 3.05) is 58.0 Å². The van der Waals surface area contributed by atoms with Crippen LogP contribution in [0, 0.1) is 23.2 Å². The second-order valence-corrected chi connectivity index (χ2v) is 19.2. The second kappa shape index (κ2) is 15.9. The molecule has 0 unspecified atom stereocenters. The van der Waals surface area contributed by atoms with E-state index in [0.717, 1.165) is 57.3 Å². The van der Waals surface area contributed by atoms with Crippen LogP contribution < -0.4 is 19.7 Å². The summed E-state index contributed by atoms with van der Waals surface area (Å²) in [5.74, 6) is -0.203. The molecule has 1 amide bonds. The molecule has 0 aromatic heterocycles. The fraction of sp³-hybridized carbons (Fsp3) is 0.619. The number of benzene rings is 2. The standard InChI is InChI=1S/C34H41ClN2O6S.C8H15NO/c1-22-6-4-15-34(20-38,42-3)29-11-8-26(29)18-37-19-33(14-5-7-24-16-27(35)10-12-28(24)33)21-43-31-13-9-25(17-30(31)37)32(39)36-44(40,41)23(22)2;1-4-9-5-2-8(1)3-6-10-7-8/h4,9-10,12-13,15-17,20,22-23,26,29H,5-8,11,14,18-19,21H2,1-3H3,(H,36,39);9H,1-7H2/b15-4+;/t22-,23+,26-,29+,33-,34+;/m0./s1. The molecule has 2 aromatic rings. The number of methoxy groups -OCH3 is 1. The molecule has 2 aromatic carbocycles. The van der Waals surface area contributed by atoms with Gasteiger partial charge in [0.1, 0.15) is 11.4 Å². The summed E-state index contributed by atoms with van der Waals surface area (Å²) in [5.41, 5.74) is 2.64. The Labute approximate surface area is 325 Å². The van der Waals surface area contributed by atoms with Gasteiger partial charge >= 0.3 is 0 Å². The highest BCUT2D eigenvalue weighted by atomic mass is 35.5. The van der Waals surface area contributed by atoms with Gasteiger partial charge in [0.25, 0.3) is 5.91 Å². The molecule has 1 saturated carbocycles. The lowest BCUT2D eigenvalue weighted by Gasteiger charge is -2.48. The van der Waals surface area contributed by atoms with E-state index < -0.39 is 26.8 Å². The zero-order chi connectivity index (χ0) is 38.1. The Morgan fingerprint density at radius 2 is 1.85 bits per heavy atom. The molecule has 2 bridgehead atoms. The van der Waals surface area contributed by atoms with E-state index in [1.165, 1.54) is 43.5 Å². The molecule has 8 rings (SSSR count). The van der Waals surface area contributed by atoms with Crippen LogP contribution in [-0.2, 0) is 36.1 Å². The van der Waals surface area contributed by atoms with Gasteiger partial charge in [-0.25, -0.2) is 13.1 Å². The van der Waals surface area contributed by atoms with Gasteiger partial charge in [0.05, 0.1) is 24.2 Å². The van der Waals surface area contributed by atoms with Crippen LogP contribution in [0.1, 0.15) is 86.7 Å². The average molecular weight is 782 g/mol. The molecule has 6 atom stereocenters. The predicted molar refractivity (Wildman–Crippen MR) is 211 cm³/mol. The normalized spacial score (nSPS) is 33.4. The van der Waals surface area contributed by atoms with Crippen molar-refractivity contribution < 1.29 is 32.2 Å². The SMILES string of the molecule is C1CC2(CCN1)CCOC2.CO[C@@]1(C=O)/C=C/C[C@H](C)[C@@H](C)S(=O)(=O)NC(=O)c2ccc3c(c2)N(C[C@@H]2CC[C@H]21)C[C@@]1(CCCc2cc(Cl)ccc21)CO3. The molecule has 3 fully saturated rings. The molecule has 10 nitrogen and oxygen atoms in total. The zero-order valence-electron chi connectivity index (χ0n) is 31.9. The number of aldehydes is 1. The first-order valence-corrected chi connectivity index (χ1v) is 21.7. The number of anilines is 1. The maximum absolute atomic E-state index is 13.4. The average Bonchev–Trinajstić information content (AvgIpc) is 3.54. The highest BCUT2D eigenvalue weighted by Gasteiger charge is 2.49. The summed E-state index contributed by atoms with van der Waals surface area (Å²) >= 11 is 6.40. The van der Waals surface area contributed by atoms with Crippen LogP contribution in [0.2, 0.25) is 5.02 Å². The lowest BCUT2D eigenvalue weighted by Crippen LogP contribution is -2.53. The molecule has 2 N–H and O–H groups in total. The molecule has 12 heteroatoms. The van der Waals surface area contributed by atoms with Crippen LogP contribution in [-0.4, -0.2) is 84.6 Å². The summed E-state index contributed by atoms with van der Waals surface area (Å²) in [5, 5.41) is 3.26. The summed E-state index contributed by atoms with van der Waals surface area (Å²) in [6.45, 7) is 9.59. The largest absolute Gasteiger partial charge is 0.490 e. The first kappa shape index (κ1) is 39.3. The van der Waals surface area contributed by atoms with Crippen LogP contribution in [0.25, 0.3) is 0 Å². The van der Waals surface area contributed by atoms with Crippen molar-refractivity contribution in [1.82, 2.24) is 10.0 Å². The molecule has 6 aliphatic rings. The Kier molecular flexibility index (Phi) is 11.6. The minimum absolute atomic E-state index is 0.0434. The van der Waals surface area contributed by atoms with Crippen LogP contribution >= 0.6 is 11.6 Å².